The van der Waals surface area contributed by atoms with E-state index in [0.717, 1.165) is 30.5 Å². The van der Waals surface area contributed by atoms with Crippen molar-refractivity contribution in [2.45, 2.75) is 12.2 Å². The van der Waals surface area contributed by atoms with E-state index in [1.165, 1.54) is 12.3 Å². The van der Waals surface area contributed by atoms with Crippen LogP contribution >= 0.6 is 0 Å². The Balaban J connectivity index is 2.00. The number of halogens is 4. The Kier molecular flexibility index (Phi) is 5.22. The van der Waals surface area contributed by atoms with Gasteiger partial charge in [0.1, 0.15) is 12.1 Å². The standard InChI is InChI=1S/C15H12F4N2O3/c16-11-3-1-9(2-4-11)13(15(17,18)19)21-12(22)7-20-14(23)10-5-6-24-8-10/h1-6,8,13H,7H2,(H,20,23)(H,21,22). The van der Waals surface area contributed by atoms with Crippen LogP contribution < -0.4 is 10.6 Å². The van der Waals surface area contributed by atoms with Crippen molar-refractivity contribution in [3.63, 3.8) is 0 Å². The van der Waals surface area contributed by atoms with Gasteiger partial charge in [0.2, 0.25) is 5.91 Å². The molecule has 2 amide bonds. The Morgan fingerprint density at radius 1 is 1.12 bits per heavy atom. The fourth-order valence-electron chi connectivity index (χ4n) is 1.88. The van der Waals surface area contributed by atoms with Gasteiger partial charge in [0.25, 0.3) is 5.91 Å². The van der Waals surface area contributed by atoms with E-state index in [9.17, 15) is 27.2 Å². The van der Waals surface area contributed by atoms with Crippen LogP contribution in [0, 0.1) is 5.82 Å². The van der Waals surface area contributed by atoms with Gasteiger partial charge in [-0.25, -0.2) is 4.39 Å². The molecule has 1 aromatic carbocycles. The van der Waals surface area contributed by atoms with Crippen LogP contribution in [0.15, 0.2) is 47.3 Å². The first-order valence-electron chi connectivity index (χ1n) is 6.69. The summed E-state index contributed by atoms with van der Waals surface area (Å²) in [6.45, 7) is -0.655. The predicted octanol–water partition coefficient (Wildman–Crippen LogP) is 2.57. The van der Waals surface area contributed by atoms with Crippen molar-refractivity contribution in [1.29, 1.82) is 0 Å². The summed E-state index contributed by atoms with van der Waals surface area (Å²) in [5.41, 5.74) is -0.188. The minimum Gasteiger partial charge on any atom is -0.472 e. The molecule has 0 saturated heterocycles. The van der Waals surface area contributed by atoms with Gasteiger partial charge in [-0.3, -0.25) is 9.59 Å². The van der Waals surface area contributed by atoms with Crippen molar-refractivity contribution in [1.82, 2.24) is 10.6 Å². The highest BCUT2D eigenvalue weighted by molar-refractivity contribution is 5.96. The second-order valence-electron chi connectivity index (χ2n) is 4.79. The van der Waals surface area contributed by atoms with Gasteiger partial charge < -0.3 is 15.1 Å². The van der Waals surface area contributed by atoms with Crippen molar-refractivity contribution in [3.8, 4) is 0 Å². The summed E-state index contributed by atoms with van der Waals surface area (Å²) in [6, 6.07) is 2.61. The van der Waals surface area contributed by atoms with Crippen molar-refractivity contribution in [2.75, 3.05) is 6.54 Å². The molecule has 2 aromatic rings. The maximum atomic E-state index is 13.1. The zero-order valence-electron chi connectivity index (χ0n) is 12.1. The molecule has 9 heteroatoms. The SMILES string of the molecule is O=C(CNC(=O)c1ccoc1)NC(c1ccc(F)cc1)C(F)(F)F. The summed E-state index contributed by atoms with van der Waals surface area (Å²) in [5, 5.41) is 3.93. The molecule has 0 spiro atoms. The van der Waals surface area contributed by atoms with Gasteiger partial charge in [-0.15, -0.1) is 0 Å². The normalized spacial score (nSPS) is 12.5. The highest BCUT2D eigenvalue weighted by atomic mass is 19.4. The fourth-order valence-corrected chi connectivity index (χ4v) is 1.88. The molecule has 0 aliphatic heterocycles. The third kappa shape index (κ3) is 4.58. The van der Waals surface area contributed by atoms with Crippen LogP contribution in [0.2, 0.25) is 0 Å². The maximum absolute atomic E-state index is 13.1. The number of amides is 2. The molecule has 5 nitrogen and oxygen atoms in total. The number of hydrogen-bond donors (Lipinski definition) is 2. The average Bonchev–Trinajstić information content (AvgIpc) is 3.05. The lowest BCUT2D eigenvalue weighted by atomic mass is 10.1. The Bertz CT molecular complexity index is 697. The Morgan fingerprint density at radius 2 is 1.79 bits per heavy atom. The third-order valence-electron chi connectivity index (χ3n) is 3.03. The highest BCUT2D eigenvalue weighted by Crippen LogP contribution is 2.32. The van der Waals surface area contributed by atoms with Gasteiger partial charge in [0.15, 0.2) is 6.04 Å². The number of alkyl halides is 3. The number of hydrogen-bond acceptors (Lipinski definition) is 3. The first-order chi connectivity index (χ1) is 11.3. The lowest BCUT2D eigenvalue weighted by Gasteiger charge is -2.22. The topological polar surface area (TPSA) is 71.3 Å². The van der Waals surface area contributed by atoms with Crippen LogP contribution in [0.4, 0.5) is 17.6 Å². The van der Waals surface area contributed by atoms with Crippen LogP contribution in [0.25, 0.3) is 0 Å². The summed E-state index contributed by atoms with van der Waals surface area (Å²) in [5.74, 6) is -2.40. The van der Waals surface area contributed by atoms with E-state index in [2.05, 4.69) is 9.73 Å². The van der Waals surface area contributed by atoms with E-state index in [4.69, 9.17) is 0 Å². The number of rotatable bonds is 5. The molecular weight excluding hydrogens is 332 g/mol. The summed E-state index contributed by atoms with van der Waals surface area (Å²) in [6.07, 6.45) is -2.41. The van der Waals surface area contributed by atoms with Crippen LogP contribution in [0.5, 0.6) is 0 Å². The lowest BCUT2D eigenvalue weighted by molar-refractivity contribution is -0.163. The molecular formula is C15H12F4N2O3. The van der Waals surface area contributed by atoms with Gasteiger partial charge in [0.05, 0.1) is 18.4 Å². The van der Waals surface area contributed by atoms with E-state index in [0.29, 0.717) is 0 Å². The molecule has 0 fully saturated rings. The van der Waals surface area contributed by atoms with Gasteiger partial charge in [-0.05, 0) is 23.8 Å². The number of carbonyl (C=O) groups is 2. The van der Waals surface area contributed by atoms with Crippen molar-refractivity contribution in [2.24, 2.45) is 0 Å². The summed E-state index contributed by atoms with van der Waals surface area (Å²) in [4.78, 5) is 23.3. The number of benzene rings is 1. The van der Waals surface area contributed by atoms with Crippen LogP contribution in [-0.2, 0) is 4.79 Å². The quantitative estimate of drug-likeness (QED) is 0.819. The molecule has 1 aromatic heterocycles. The summed E-state index contributed by atoms with van der Waals surface area (Å²) >= 11 is 0. The van der Waals surface area contributed by atoms with Gasteiger partial charge >= 0.3 is 6.18 Å². The van der Waals surface area contributed by atoms with E-state index in [1.807, 2.05) is 0 Å². The van der Waals surface area contributed by atoms with Crippen LogP contribution in [-0.4, -0.2) is 24.5 Å². The average molecular weight is 344 g/mol. The molecule has 128 valence electrons. The third-order valence-corrected chi connectivity index (χ3v) is 3.03. The van der Waals surface area contributed by atoms with E-state index in [-0.39, 0.29) is 11.1 Å². The molecule has 0 aliphatic carbocycles. The van der Waals surface area contributed by atoms with Crippen molar-refractivity contribution in [3.05, 3.63) is 59.8 Å². The highest BCUT2D eigenvalue weighted by Gasteiger charge is 2.41. The first-order valence-corrected chi connectivity index (χ1v) is 6.69. The Morgan fingerprint density at radius 3 is 2.33 bits per heavy atom. The first kappa shape index (κ1) is 17.5. The molecule has 0 radical (unpaired) electrons. The minimum atomic E-state index is -4.78. The largest absolute Gasteiger partial charge is 0.472 e. The number of furan rings is 1. The minimum absolute atomic E-state index is 0.133. The molecule has 0 bridgehead atoms. The second-order valence-corrected chi connectivity index (χ2v) is 4.79. The van der Waals surface area contributed by atoms with E-state index in [1.54, 1.807) is 5.32 Å². The Labute approximate surface area is 133 Å². The molecule has 0 aliphatic rings. The Hall–Kier alpha value is -2.84. The van der Waals surface area contributed by atoms with Gasteiger partial charge in [0, 0.05) is 0 Å². The van der Waals surface area contributed by atoms with Crippen LogP contribution in [0.3, 0.4) is 0 Å². The van der Waals surface area contributed by atoms with Crippen molar-refractivity contribution < 1.29 is 31.6 Å². The summed E-state index contributed by atoms with van der Waals surface area (Å²) < 4.78 is 56.7. The van der Waals surface area contributed by atoms with Crippen molar-refractivity contribution >= 4 is 11.8 Å². The molecule has 24 heavy (non-hydrogen) atoms. The smallest absolute Gasteiger partial charge is 0.412 e. The zero-order valence-corrected chi connectivity index (χ0v) is 12.1. The monoisotopic (exact) mass is 344 g/mol. The maximum Gasteiger partial charge on any atom is 0.412 e. The van der Waals surface area contributed by atoms with Gasteiger partial charge in [-0.1, -0.05) is 12.1 Å². The van der Waals surface area contributed by atoms with Crippen LogP contribution in [0.1, 0.15) is 22.0 Å². The lowest BCUT2D eigenvalue weighted by Crippen LogP contribution is -2.43. The molecule has 1 atom stereocenters. The molecule has 0 saturated carbocycles. The van der Waals surface area contributed by atoms with Gasteiger partial charge in [-0.2, -0.15) is 13.2 Å². The zero-order chi connectivity index (χ0) is 17.7. The second kappa shape index (κ2) is 7.16. The van der Waals surface area contributed by atoms with E-state index >= 15 is 0 Å². The fraction of sp³-hybridized carbons (Fsp3) is 0.200. The molecule has 2 N–H and O–H groups in total. The predicted molar refractivity (Wildman–Crippen MR) is 74.4 cm³/mol. The number of carbonyl (C=O) groups excluding carboxylic acids is 2. The van der Waals surface area contributed by atoms with E-state index < -0.39 is 36.4 Å². The molecule has 1 unspecified atom stereocenters. The molecule has 1 heterocycles. The number of nitrogens with one attached hydrogen (secondary N) is 2. The molecule has 2 rings (SSSR count). The summed E-state index contributed by atoms with van der Waals surface area (Å²) in [7, 11) is 0.